The highest BCUT2D eigenvalue weighted by Gasteiger charge is 2.38. The molecule has 1 fully saturated rings. The normalized spacial score (nSPS) is 16.1. The lowest BCUT2D eigenvalue weighted by Gasteiger charge is -2.30. The molecule has 3 aromatic rings. The highest BCUT2D eigenvalue weighted by atomic mass is 32.1. The van der Waals surface area contributed by atoms with E-state index in [9.17, 15) is 4.79 Å². The van der Waals surface area contributed by atoms with Crippen molar-refractivity contribution >= 4 is 23.3 Å². The molecule has 7 nitrogen and oxygen atoms in total. The predicted molar refractivity (Wildman–Crippen MR) is 123 cm³/mol. The van der Waals surface area contributed by atoms with Gasteiger partial charge in [0.1, 0.15) is 17.9 Å². The van der Waals surface area contributed by atoms with Crippen LogP contribution in [-0.2, 0) is 16.9 Å². The van der Waals surface area contributed by atoms with Gasteiger partial charge < -0.3 is 14.6 Å². The molecular formula is C24H28N4O3S. The van der Waals surface area contributed by atoms with E-state index in [0.29, 0.717) is 18.3 Å². The minimum absolute atomic E-state index is 0.159. The van der Waals surface area contributed by atoms with Crippen molar-refractivity contribution in [2.75, 3.05) is 0 Å². The van der Waals surface area contributed by atoms with Gasteiger partial charge in [0, 0.05) is 18.4 Å². The van der Waals surface area contributed by atoms with Crippen molar-refractivity contribution in [3.8, 4) is 5.75 Å². The molecule has 0 unspecified atom stereocenters. The molecule has 2 aromatic heterocycles. The third kappa shape index (κ3) is 5.62. The van der Waals surface area contributed by atoms with Crippen LogP contribution in [0.4, 0.5) is 0 Å². The molecule has 1 N–H and O–H groups in total. The SMILES string of the molecule is Cc1nc(C2(NC(=O)/C=C/c3ccc(OCc4csc(C)n4)cc3)CCCCCC2)no1. The Labute approximate surface area is 191 Å². The Morgan fingerprint density at radius 2 is 1.91 bits per heavy atom. The second kappa shape index (κ2) is 10.1. The Morgan fingerprint density at radius 3 is 2.53 bits per heavy atom. The second-order valence-electron chi connectivity index (χ2n) is 8.17. The average Bonchev–Trinajstić information content (AvgIpc) is 3.34. The van der Waals surface area contributed by atoms with Gasteiger partial charge in [0.05, 0.1) is 10.7 Å². The summed E-state index contributed by atoms with van der Waals surface area (Å²) in [5, 5.41) is 10.3. The van der Waals surface area contributed by atoms with Crippen molar-refractivity contribution in [3.05, 3.63) is 63.7 Å². The molecule has 1 aliphatic rings. The highest BCUT2D eigenvalue weighted by molar-refractivity contribution is 7.09. The first-order valence-corrected chi connectivity index (χ1v) is 11.9. The number of carbonyl (C=O) groups is 1. The zero-order chi connectivity index (χ0) is 22.4. The molecular weight excluding hydrogens is 424 g/mol. The van der Waals surface area contributed by atoms with Crippen molar-refractivity contribution in [3.63, 3.8) is 0 Å². The lowest BCUT2D eigenvalue weighted by atomic mass is 9.89. The van der Waals surface area contributed by atoms with Gasteiger partial charge in [-0.05, 0) is 43.5 Å². The fourth-order valence-corrected chi connectivity index (χ4v) is 4.58. The molecule has 1 aliphatic carbocycles. The van der Waals surface area contributed by atoms with Crippen molar-refractivity contribution in [1.29, 1.82) is 0 Å². The molecule has 0 saturated heterocycles. The molecule has 0 radical (unpaired) electrons. The van der Waals surface area contributed by atoms with E-state index in [0.717, 1.165) is 60.5 Å². The van der Waals surface area contributed by atoms with Gasteiger partial charge in [-0.2, -0.15) is 4.98 Å². The number of aromatic nitrogens is 3. The van der Waals surface area contributed by atoms with E-state index in [1.54, 1.807) is 30.4 Å². The van der Waals surface area contributed by atoms with E-state index in [2.05, 4.69) is 20.4 Å². The number of nitrogens with zero attached hydrogens (tertiary/aromatic N) is 3. The van der Waals surface area contributed by atoms with Crippen LogP contribution in [0.3, 0.4) is 0 Å². The van der Waals surface area contributed by atoms with Crippen LogP contribution in [0.15, 0.2) is 40.2 Å². The van der Waals surface area contributed by atoms with Crippen LogP contribution in [0.25, 0.3) is 6.08 Å². The molecule has 1 saturated carbocycles. The summed E-state index contributed by atoms with van der Waals surface area (Å²) >= 11 is 1.61. The smallest absolute Gasteiger partial charge is 0.244 e. The summed E-state index contributed by atoms with van der Waals surface area (Å²) in [6.07, 6.45) is 9.36. The summed E-state index contributed by atoms with van der Waals surface area (Å²) in [7, 11) is 0. The van der Waals surface area contributed by atoms with Gasteiger partial charge in [-0.25, -0.2) is 4.98 Å². The van der Waals surface area contributed by atoms with Crippen LogP contribution in [0, 0.1) is 13.8 Å². The topological polar surface area (TPSA) is 90.1 Å². The van der Waals surface area contributed by atoms with Gasteiger partial charge in [-0.15, -0.1) is 11.3 Å². The minimum Gasteiger partial charge on any atom is -0.487 e. The molecule has 0 bridgehead atoms. The number of hydrogen-bond donors (Lipinski definition) is 1. The van der Waals surface area contributed by atoms with Gasteiger partial charge >= 0.3 is 0 Å². The first-order chi connectivity index (χ1) is 15.5. The van der Waals surface area contributed by atoms with E-state index in [1.165, 1.54) is 0 Å². The van der Waals surface area contributed by atoms with Crippen LogP contribution in [0.5, 0.6) is 5.75 Å². The van der Waals surface area contributed by atoms with Gasteiger partial charge in [0.2, 0.25) is 11.8 Å². The number of aryl methyl sites for hydroxylation is 2. The Kier molecular flexibility index (Phi) is 6.99. The Hall–Kier alpha value is -3.00. The molecule has 4 rings (SSSR count). The van der Waals surface area contributed by atoms with Crippen molar-refractivity contribution < 1.29 is 14.1 Å². The number of carbonyl (C=O) groups excluding carboxylic acids is 1. The van der Waals surface area contributed by atoms with Crippen molar-refractivity contribution in [2.24, 2.45) is 0 Å². The number of hydrogen-bond acceptors (Lipinski definition) is 7. The number of benzene rings is 1. The lowest BCUT2D eigenvalue weighted by Crippen LogP contribution is -2.45. The molecule has 2 heterocycles. The lowest BCUT2D eigenvalue weighted by molar-refractivity contribution is -0.118. The average molecular weight is 453 g/mol. The third-order valence-corrected chi connectivity index (χ3v) is 6.46. The molecule has 0 atom stereocenters. The summed E-state index contributed by atoms with van der Waals surface area (Å²) in [6.45, 7) is 4.19. The monoisotopic (exact) mass is 452 g/mol. The molecule has 1 amide bonds. The molecule has 0 spiro atoms. The first-order valence-electron chi connectivity index (χ1n) is 11.0. The summed E-state index contributed by atoms with van der Waals surface area (Å²) in [6, 6.07) is 7.64. The quantitative estimate of drug-likeness (QED) is 0.396. The van der Waals surface area contributed by atoms with Gasteiger partial charge in [-0.1, -0.05) is 43.0 Å². The summed E-state index contributed by atoms with van der Waals surface area (Å²) < 4.78 is 11.0. The fraction of sp³-hybridized carbons (Fsp3) is 0.417. The summed E-state index contributed by atoms with van der Waals surface area (Å²) in [5.41, 5.74) is 1.28. The van der Waals surface area contributed by atoms with Crippen LogP contribution < -0.4 is 10.1 Å². The zero-order valence-corrected chi connectivity index (χ0v) is 19.3. The maximum absolute atomic E-state index is 12.8. The van der Waals surface area contributed by atoms with E-state index in [1.807, 2.05) is 36.6 Å². The predicted octanol–water partition coefficient (Wildman–Crippen LogP) is 5.10. The van der Waals surface area contributed by atoms with Crippen LogP contribution >= 0.6 is 11.3 Å². The standard InChI is InChI=1S/C24H28N4O3S/c1-17-25-23(28-31-17)24(13-5-3-4-6-14-24)27-22(29)12-9-19-7-10-21(11-8-19)30-15-20-16-32-18(2)26-20/h7-12,16H,3-6,13-15H2,1-2H3,(H,27,29)/b12-9+. The number of nitrogens with one attached hydrogen (secondary N) is 1. The zero-order valence-electron chi connectivity index (χ0n) is 18.5. The van der Waals surface area contributed by atoms with E-state index >= 15 is 0 Å². The fourth-order valence-electron chi connectivity index (χ4n) is 3.99. The van der Waals surface area contributed by atoms with Crippen LogP contribution in [0.2, 0.25) is 0 Å². The molecule has 8 heteroatoms. The third-order valence-electron chi connectivity index (χ3n) is 5.64. The minimum atomic E-state index is -0.568. The molecule has 168 valence electrons. The van der Waals surface area contributed by atoms with Gasteiger partial charge in [-0.3, -0.25) is 4.79 Å². The van der Waals surface area contributed by atoms with Crippen molar-refractivity contribution in [2.45, 2.75) is 64.5 Å². The van der Waals surface area contributed by atoms with Crippen LogP contribution in [0.1, 0.15) is 66.5 Å². The summed E-state index contributed by atoms with van der Waals surface area (Å²) in [4.78, 5) is 21.6. The first kappa shape index (κ1) is 22.2. The Bertz CT molecular complexity index is 1060. The van der Waals surface area contributed by atoms with E-state index in [-0.39, 0.29) is 5.91 Å². The Balaban J connectivity index is 1.38. The number of rotatable bonds is 7. The maximum Gasteiger partial charge on any atom is 0.244 e. The van der Waals surface area contributed by atoms with E-state index in [4.69, 9.17) is 9.26 Å². The summed E-state index contributed by atoms with van der Waals surface area (Å²) in [5.74, 6) is 1.70. The largest absolute Gasteiger partial charge is 0.487 e. The number of amides is 1. The number of ether oxygens (including phenoxy) is 1. The maximum atomic E-state index is 12.8. The number of thiazole rings is 1. The Morgan fingerprint density at radius 1 is 1.16 bits per heavy atom. The van der Waals surface area contributed by atoms with Crippen LogP contribution in [-0.4, -0.2) is 21.0 Å². The second-order valence-corrected chi connectivity index (χ2v) is 9.23. The van der Waals surface area contributed by atoms with E-state index < -0.39 is 5.54 Å². The van der Waals surface area contributed by atoms with Gasteiger partial charge in [0.15, 0.2) is 5.82 Å². The highest BCUT2D eigenvalue weighted by Crippen LogP contribution is 2.34. The van der Waals surface area contributed by atoms with Crippen molar-refractivity contribution in [1.82, 2.24) is 20.4 Å². The molecule has 0 aliphatic heterocycles. The van der Waals surface area contributed by atoms with Gasteiger partial charge in [0.25, 0.3) is 0 Å². The molecule has 32 heavy (non-hydrogen) atoms. The molecule has 1 aromatic carbocycles.